The molecule has 0 aliphatic carbocycles. The first kappa shape index (κ1) is 9.06. The van der Waals surface area contributed by atoms with Crippen molar-refractivity contribution in [3.05, 3.63) is 33.9 Å². The summed E-state index contributed by atoms with van der Waals surface area (Å²) in [4.78, 5) is 11.9. The van der Waals surface area contributed by atoms with E-state index in [0.717, 1.165) is 16.6 Å². The standard InChI is InChI=1S/C11H14N2O/c1-7-8(2)13(4)11(14)10-9(7)5-6-12(10)3/h5-6H,1-4H3. The number of hydrogen-bond acceptors (Lipinski definition) is 1. The van der Waals surface area contributed by atoms with E-state index in [2.05, 4.69) is 6.92 Å². The third-order valence-corrected chi connectivity index (χ3v) is 3.03. The molecule has 0 radical (unpaired) electrons. The van der Waals surface area contributed by atoms with Gasteiger partial charge in [-0.1, -0.05) is 0 Å². The molecule has 0 bridgehead atoms. The summed E-state index contributed by atoms with van der Waals surface area (Å²) < 4.78 is 3.59. The highest BCUT2D eigenvalue weighted by Gasteiger charge is 2.10. The minimum Gasteiger partial charge on any atom is -0.346 e. The van der Waals surface area contributed by atoms with Crippen LogP contribution in [0.25, 0.3) is 10.9 Å². The van der Waals surface area contributed by atoms with Gasteiger partial charge in [0.15, 0.2) is 0 Å². The van der Waals surface area contributed by atoms with E-state index in [0.29, 0.717) is 0 Å². The summed E-state index contributed by atoms with van der Waals surface area (Å²) in [6.45, 7) is 4.03. The van der Waals surface area contributed by atoms with Crippen LogP contribution in [0.2, 0.25) is 0 Å². The van der Waals surface area contributed by atoms with Gasteiger partial charge in [0.25, 0.3) is 5.56 Å². The monoisotopic (exact) mass is 190 g/mol. The molecule has 0 N–H and O–H groups in total. The normalized spacial score (nSPS) is 11.1. The van der Waals surface area contributed by atoms with Crippen LogP contribution in [0.1, 0.15) is 11.3 Å². The molecule has 2 aromatic heterocycles. The summed E-state index contributed by atoms with van der Waals surface area (Å²) >= 11 is 0. The van der Waals surface area contributed by atoms with Gasteiger partial charge < -0.3 is 9.13 Å². The fourth-order valence-corrected chi connectivity index (χ4v) is 1.86. The van der Waals surface area contributed by atoms with Crippen LogP contribution in [0.15, 0.2) is 17.1 Å². The second-order valence-corrected chi connectivity index (χ2v) is 3.76. The van der Waals surface area contributed by atoms with Crippen molar-refractivity contribution in [1.29, 1.82) is 0 Å². The largest absolute Gasteiger partial charge is 0.346 e. The van der Waals surface area contributed by atoms with E-state index in [-0.39, 0.29) is 5.56 Å². The van der Waals surface area contributed by atoms with Crippen LogP contribution in [0.5, 0.6) is 0 Å². The van der Waals surface area contributed by atoms with Crippen molar-refractivity contribution in [2.45, 2.75) is 13.8 Å². The molecule has 14 heavy (non-hydrogen) atoms. The lowest BCUT2D eigenvalue weighted by atomic mass is 10.1. The van der Waals surface area contributed by atoms with E-state index in [1.165, 1.54) is 5.56 Å². The molecule has 0 aliphatic rings. The molecule has 0 amide bonds. The van der Waals surface area contributed by atoms with Crippen LogP contribution in [0.4, 0.5) is 0 Å². The van der Waals surface area contributed by atoms with Gasteiger partial charge in [0, 0.05) is 31.4 Å². The first-order chi connectivity index (χ1) is 6.54. The maximum Gasteiger partial charge on any atom is 0.274 e. The highest BCUT2D eigenvalue weighted by Crippen LogP contribution is 2.17. The SMILES string of the molecule is Cc1c(C)n(C)c(=O)c2c1ccn2C. The lowest BCUT2D eigenvalue weighted by Gasteiger charge is -2.08. The summed E-state index contributed by atoms with van der Waals surface area (Å²) in [5.74, 6) is 0. The smallest absolute Gasteiger partial charge is 0.274 e. The quantitative estimate of drug-likeness (QED) is 0.618. The van der Waals surface area contributed by atoms with E-state index in [4.69, 9.17) is 0 Å². The molecule has 0 atom stereocenters. The Hall–Kier alpha value is -1.51. The van der Waals surface area contributed by atoms with E-state index in [1.807, 2.05) is 37.8 Å². The Labute approximate surface area is 82.6 Å². The Morgan fingerprint density at radius 2 is 1.86 bits per heavy atom. The predicted molar refractivity (Wildman–Crippen MR) is 57.6 cm³/mol. The van der Waals surface area contributed by atoms with Crippen molar-refractivity contribution in [3.63, 3.8) is 0 Å². The average Bonchev–Trinajstić information content (AvgIpc) is 2.54. The number of pyridine rings is 1. The zero-order chi connectivity index (χ0) is 10.5. The van der Waals surface area contributed by atoms with Gasteiger partial charge in [0.1, 0.15) is 5.52 Å². The third kappa shape index (κ3) is 0.953. The molecular formula is C11H14N2O. The van der Waals surface area contributed by atoms with Crippen LogP contribution in [-0.2, 0) is 14.1 Å². The van der Waals surface area contributed by atoms with Crippen LogP contribution in [-0.4, -0.2) is 9.13 Å². The molecule has 2 heterocycles. The summed E-state index contributed by atoms with van der Waals surface area (Å²) in [5.41, 5.74) is 3.09. The summed E-state index contributed by atoms with van der Waals surface area (Å²) in [7, 11) is 3.72. The van der Waals surface area contributed by atoms with Gasteiger partial charge in [-0.25, -0.2) is 0 Å². The van der Waals surface area contributed by atoms with Gasteiger partial charge in [-0.3, -0.25) is 4.79 Å². The van der Waals surface area contributed by atoms with Crippen molar-refractivity contribution >= 4 is 10.9 Å². The number of aromatic nitrogens is 2. The lowest BCUT2D eigenvalue weighted by molar-refractivity contribution is 0.809. The summed E-state index contributed by atoms with van der Waals surface area (Å²) in [6, 6.07) is 2.00. The summed E-state index contributed by atoms with van der Waals surface area (Å²) in [5, 5.41) is 1.06. The topological polar surface area (TPSA) is 26.9 Å². The molecule has 74 valence electrons. The molecule has 0 fully saturated rings. The molecule has 3 heteroatoms. The highest BCUT2D eigenvalue weighted by molar-refractivity contribution is 5.83. The van der Waals surface area contributed by atoms with Crippen LogP contribution >= 0.6 is 0 Å². The minimum absolute atomic E-state index is 0.0793. The molecule has 0 saturated heterocycles. The second kappa shape index (κ2) is 2.74. The van der Waals surface area contributed by atoms with E-state index >= 15 is 0 Å². The van der Waals surface area contributed by atoms with Crippen LogP contribution in [0, 0.1) is 13.8 Å². The number of aryl methyl sites for hydroxylation is 2. The molecule has 0 aromatic carbocycles. The van der Waals surface area contributed by atoms with Crippen molar-refractivity contribution in [3.8, 4) is 0 Å². The van der Waals surface area contributed by atoms with Gasteiger partial charge >= 0.3 is 0 Å². The molecule has 0 aliphatic heterocycles. The van der Waals surface area contributed by atoms with Crippen molar-refractivity contribution in [2.75, 3.05) is 0 Å². The Morgan fingerprint density at radius 3 is 2.50 bits per heavy atom. The molecular weight excluding hydrogens is 176 g/mol. The number of rotatable bonds is 0. The molecule has 0 unspecified atom stereocenters. The van der Waals surface area contributed by atoms with Crippen molar-refractivity contribution in [2.24, 2.45) is 14.1 Å². The fraction of sp³-hybridized carbons (Fsp3) is 0.364. The van der Waals surface area contributed by atoms with Crippen molar-refractivity contribution < 1.29 is 0 Å². The van der Waals surface area contributed by atoms with Crippen molar-refractivity contribution in [1.82, 2.24) is 9.13 Å². The van der Waals surface area contributed by atoms with Gasteiger partial charge in [-0.15, -0.1) is 0 Å². The Kier molecular flexibility index (Phi) is 1.77. The van der Waals surface area contributed by atoms with E-state index < -0.39 is 0 Å². The van der Waals surface area contributed by atoms with Gasteiger partial charge in [-0.2, -0.15) is 0 Å². The zero-order valence-electron chi connectivity index (χ0n) is 8.96. The van der Waals surface area contributed by atoms with Gasteiger partial charge in [0.05, 0.1) is 0 Å². The number of fused-ring (bicyclic) bond motifs is 1. The molecule has 3 nitrogen and oxygen atoms in total. The first-order valence-corrected chi connectivity index (χ1v) is 4.65. The third-order valence-electron chi connectivity index (χ3n) is 3.03. The maximum absolute atomic E-state index is 11.9. The summed E-state index contributed by atoms with van der Waals surface area (Å²) in [6.07, 6.45) is 1.93. The average molecular weight is 190 g/mol. The second-order valence-electron chi connectivity index (χ2n) is 3.76. The van der Waals surface area contributed by atoms with Crippen LogP contribution < -0.4 is 5.56 Å². The molecule has 0 spiro atoms. The molecule has 2 aromatic rings. The number of nitrogens with zero attached hydrogens (tertiary/aromatic N) is 2. The highest BCUT2D eigenvalue weighted by atomic mass is 16.1. The Balaban J connectivity index is 3.14. The fourth-order valence-electron chi connectivity index (χ4n) is 1.86. The van der Waals surface area contributed by atoms with E-state index in [1.54, 1.807) is 4.57 Å². The zero-order valence-corrected chi connectivity index (χ0v) is 8.96. The van der Waals surface area contributed by atoms with E-state index in [9.17, 15) is 4.79 Å². The maximum atomic E-state index is 11.9. The first-order valence-electron chi connectivity index (χ1n) is 4.65. The molecule has 2 rings (SSSR count). The van der Waals surface area contributed by atoms with Gasteiger partial charge in [0.2, 0.25) is 0 Å². The van der Waals surface area contributed by atoms with Gasteiger partial charge in [-0.05, 0) is 25.5 Å². The molecule has 0 saturated carbocycles. The van der Waals surface area contributed by atoms with Crippen LogP contribution in [0.3, 0.4) is 0 Å². The lowest BCUT2D eigenvalue weighted by Crippen LogP contribution is -2.21. The minimum atomic E-state index is 0.0793. The number of hydrogen-bond donors (Lipinski definition) is 0. The predicted octanol–water partition coefficient (Wildman–Crippen LogP) is 1.49. The Bertz CT molecular complexity index is 561. The Morgan fingerprint density at radius 1 is 1.21 bits per heavy atom.